The summed E-state index contributed by atoms with van der Waals surface area (Å²) >= 11 is 0. The fourth-order valence-corrected chi connectivity index (χ4v) is 5.69. The summed E-state index contributed by atoms with van der Waals surface area (Å²) in [6.07, 6.45) is 0.734. The van der Waals surface area contributed by atoms with Crippen molar-refractivity contribution in [3.05, 3.63) is 29.8 Å². The van der Waals surface area contributed by atoms with Crippen molar-refractivity contribution in [3.63, 3.8) is 0 Å². The van der Waals surface area contributed by atoms with Gasteiger partial charge in [-0.2, -0.15) is 0 Å². The fourth-order valence-electron chi connectivity index (χ4n) is 3.67. The summed E-state index contributed by atoms with van der Waals surface area (Å²) in [6, 6.07) is 7.57. The van der Waals surface area contributed by atoms with Crippen LogP contribution in [0.4, 0.5) is 0 Å². The Labute approximate surface area is 181 Å². The Morgan fingerprint density at radius 1 is 1.30 bits per heavy atom. The second-order valence-electron chi connectivity index (χ2n) is 8.78. The number of aliphatic carboxylic acids is 1. The molecule has 0 aliphatic rings. The number of ether oxygens (including phenoxy) is 1. The van der Waals surface area contributed by atoms with Gasteiger partial charge in [0.25, 0.3) is 0 Å². The van der Waals surface area contributed by atoms with Crippen LogP contribution in [0.3, 0.4) is 0 Å². The molecule has 0 saturated carbocycles. The first-order chi connectivity index (χ1) is 13.9. The molecule has 0 saturated heterocycles. The molecule has 0 radical (unpaired) electrons. The average Bonchev–Trinajstić information content (AvgIpc) is 2.61. The summed E-state index contributed by atoms with van der Waals surface area (Å²) in [5.41, 5.74) is -0.309. The fraction of sp³-hybridized carbons (Fsp3) is 0.682. The molecule has 7 nitrogen and oxygen atoms in total. The molecule has 172 valence electrons. The first-order valence-electron chi connectivity index (χ1n) is 10.4. The molecule has 2 unspecified atom stereocenters. The van der Waals surface area contributed by atoms with E-state index in [0.29, 0.717) is 17.6 Å². The van der Waals surface area contributed by atoms with E-state index in [1.807, 2.05) is 12.1 Å². The summed E-state index contributed by atoms with van der Waals surface area (Å²) in [4.78, 5) is 14.0. The van der Waals surface area contributed by atoms with Crippen molar-refractivity contribution in [2.24, 2.45) is 11.8 Å². The molecule has 2 N–H and O–H groups in total. The molecule has 30 heavy (non-hydrogen) atoms. The van der Waals surface area contributed by atoms with E-state index in [9.17, 15) is 14.5 Å². The van der Waals surface area contributed by atoms with Crippen molar-refractivity contribution in [1.82, 2.24) is 9.99 Å². The Balaban J connectivity index is 3.19. The zero-order valence-corrected chi connectivity index (χ0v) is 20.5. The SMILES string of the molecule is CC[C@@H](c1cccc(OP(=O)(COC)NC(C)(C(=O)O)C(C)C)c1)[C@@H](C)CN(C)C. The predicted octanol–water partition coefficient (Wildman–Crippen LogP) is 4.64. The van der Waals surface area contributed by atoms with Crippen LogP contribution in [0.2, 0.25) is 0 Å². The van der Waals surface area contributed by atoms with Gasteiger partial charge in [-0.25, -0.2) is 5.09 Å². The third-order valence-electron chi connectivity index (χ3n) is 5.62. The van der Waals surface area contributed by atoms with Crippen LogP contribution >= 0.6 is 7.52 Å². The van der Waals surface area contributed by atoms with Crippen LogP contribution in [0.25, 0.3) is 0 Å². The normalized spacial score (nSPS) is 17.9. The van der Waals surface area contributed by atoms with Gasteiger partial charge in [-0.3, -0.25) is 9.36 Å². The number of hydrogen-bond donors (Lipinski definition) is 2. The highest BCUT2D eigenvalue weighted by Gasteiger charge is 2.43. The van der Waals surface area contributed by atoms with E-state index in [1.54, 1.807) is 19.9 Å². The molecule has 0 amide bonds. The van der Waals surface area contributed by atoms with E-state index in [1.165, 1.54) is 14.0 Å². The largest absolute Gasteiger partial charge is 0.480 e. The smallest absolute Gasteiger partial charge is 0.342 e. The number of nitrogens with zero attached hydrogens (tertiary/aromatic N) is 1. The number of benzene rings is 1. The van der Waals surface area contributed by atoms with Gasteiger partial charge in [0.1, 0.15) is 17.6 Å². The molecule has 0 aliphatic heterocycles. The van der Waals surface area contributed by atoms with E-state index in [2.05, 4.69) is 44.0 Å². The Bertz CT molecular complexity index is 740. The lowest BCUT2D eigenvalue weighted by Gasteiger charge is -2.34. The molecule has 0 spiro atoms. The Morgan fingerprint density at radius 2 is 1.93 bits per heavy atom. The minimum Gasteiger partial charge on any atom is -0.480 e. The van der Waals surface area contributed by atoms with Crippen molar-refractivity contribution in [2.75, 3.05) is 34.1 Å². The highest BCUT2D eigenvalue weighted by atomic mass is 31.2. The van der Waals surface area contributed by atoms with Crippen LogP contribution in [-0.4, -0.2) is 55.6 Å². The van der Waals surface area contributed by atoms with Gasteiger partial charge in [0.15, 0.2) is 0 Å². The molecule has 1 rings (SSSR count). The molecule has 0 heterocycles. The van der Waals surface area contributed by atoms with Gasteiger partial charge in [0, 0.05) is 13.7 Å². The molecular weight excluding hydrogens is 403 g/mol. The Kier molecular flexibility index (Phi) is 10.0. The molecule has 1 aromatic carbocycles. The van der Waals surface area contributed by atoms with E-state index in [4.69, 9.17) is 9.26 Å². The summed E-state index contributed by atoms with van der Waals surface area (Å²) in [6.45, 7) is 10.4. The number of carboxylic acid groups (broad SMARTS) is 1. The van der Waals surface area contributed by atoms with Gasteiger partial charge in [-0.05, 0) is 62.9 Å². The average molecular weight is 443 g/mol. The number of nitrogens with one attached hydrogen (secondary N) is 1. The molecule has 0 aromatic heterocycles. The van der Waals surface area contributed by atoms with Crippen molar-refractivity contribution >= 4 is 13.5 Å². The minimum absolute atomic E-state index is 0.235. The first-order valence-corrected chi connectivity index (χ1v) is 12.2. The second kappa shape index (κ2) is 11.3. The first kappa shape index (κ1) is 26.6. The molecule has 0 fully saturated rings. The molecule has 8 heteroatoms. The summed E-state index contributed by atoms with van der Waals surface area (Å²) in [5.74, 6) is -0.209. The highest BCUT2D eigenvalue weighted by Crippen LogP contribution is 2.46. The number of methoxy groups -OCH3 is 1. The van der Waals surface area contributed by atoms with Gasteiger partial charge in [-0.1, -0.05) is 39.8 Å². The van der Waals surface area contributed by atoms with Crippen LogP contribution in [0.5, 0.6) is 5.75 Å². The van der Waals surface area contributed by atoms with Crippen molar-refractivity contribution < 1.29 is 23.7 Å². The number of carbonyl (C=O) groups is 1. The lowest BCUT2D eigenvalue weighted by molar-refractivity contribution is -0.145. The number of carboxylic acids is 1. The summed E-state index contributed by atoms with van der Waals surface area (Å²) < 4.78 is 24.5. The van der Waals surface area contributed by atoms with Gasteiger partial charge >= 0.3 is 13.5 Å². The van der Waals surface area contributed by atoms with Crippen LogP contribution < -0.4 is 9.61 Å². The minimum atomic E-state index is -3.64. The molecule has 4 atom stereocenters. The van der Waals surface area contributed by atoms with Crippen LogP contribution in [0.15, 0.2) is 24.3 Å². The zero-order chi connectivity index (χ0) is 23.1. The maximum Gasteiger partial charge on any atom is 0.342 e. The van der Waals surface area contributed by atoms with Gasteiger partial charge in [-0.15, -0.1) is 0 Å². The standard InChI is InChI=1S/C22H39N2O5P/c1-9-20(17(4)14-24(6)7)18-11-10-12-19(13-18)29-30(27,15-28-8)23-22(5,16(2)3)21(25)26/h10-13,16-17,20H,9,14-15H2,1-8H3,(H,23,27)(H,25,26)/t17-,20+,22?,30?/m0/s1. The summed E-state index contributed by atoms with van der Waals surface area (Å²) in [7, 11) is 1.90. The van der Waals surface area contributed by atoms with Crippen molar-refractivity contribution in [2.45, 2.75) is 52.5 Å². The van der Waals surface area contributed by atoms with E-state index in [0.717, 1.165) is 18.5 Å². The van der Waals surface area contributed by atoms with Crippen molar-refractivity contribution in [1.29, 1.82) is 0 Å². The second-order valence-corrected chi connectivity index (χ2v) is 10.8. The topological polar surface area (TPSA) is 88.1 Å². The molecular formula is C22H39N2O5P. The third-order valence-corrected chi connectivity index (χ3v) is 7.53. The van der Waals surface area contributed by atoms with Gasteiger partial charge in [0.05, 0.1) is 0 Å². The van der Waals surface area contributed by atoms with Crippen molar-refractivity contribution in [3.8, 4) is 5.75 Å². The monoisotopic (exact) mass is 442 g/mol. The predicted molar refractivity (Wildman–Crippen MR) is 121 cm³/mol. The van der Waals surface area contributed by atoms with Crippen LogP contribution in [0.1, 0.15) is 52.5 Å². The quantitative estimate of drug-likeness (QED) is 0.430. The third kappa shape index (κ3) is 7.09. The lowest BCUT2D eigenvalue weighted by Crippen LogP contribution is -2.52. The van der Waals surface area contributed by atoms with Crippen LogP contribution in [0, 0.1) is 11.8 Å². The Hall–Kier alpha value is -1.40. The lowest BCUT2D eigenvalue weighted by atomic mass is 9.85. The van der Waals surface area contributed by atoms with E-state index in [-0.39, 0.29) is 12.3 Å². The summed E-state index contributed by atoms with van der Waals surface area (Å²) in [5, 5.41) is 12.5. The Morgan fingerprint density at radius 3 is 2.40 bits per heavy atom. The maximum atomic E-state index is 13.5. The highest BCUT2D eigenvalue weighted by molar-refractivity contribution is 7.57. The van der Waals surface area contributed by atoms with Crippen LogP contribution in [-0.2, 0) is 14.1 Å². The number of rotatable bonds is 13. The molecule has 0 bridgehead atoms. The zero-order valence-electron chi connectivity index (χ0n) is 19.6. The molecule has 0 aliphatic carbocycles. The molecule has 1 aromatic rings. The van der Waals surface area contributed by atoms with E-state index < -0.39 is 19.0 Å². The van der Waals surface area contributed by atoms with Gasteiger partial charge in [0.2, 0.25) is 0 Å². The number of hydrogen-bond acceptors (Lipinski definition) is 5. The van der Waals surface area contributed by atoms with Gasteiger partial charge < -0.3 is 19.3 Å². The van der Waals surface area contributed by atoms with E-state index >= 15 is 0 Å². The maximum absolute atomic E-state index is 13.5.